The van der Waals surface area contributed by atoms with Crippen molar-refractivity contribution >= 4 is 5.91 Å². The van der Waals surface area contributed by atoms with Gasteiger partial charge >= 0.3 is 0 Å². The van der Waals surface area contributed by atoms with Gasteiger partial charge in [0.25, 0.3) is 0 Å². The van der Waals surface area contributed by atoms with Gasteiger partial charge in [-0.05, 0) is 32.2 Å². The number of carbonyl (C=O) groups excluding carboxylic acids is 1. The Morgan fingerprint density at radius 2 is 2.47 bits per heavy atom. The molecule has 1 atom stereocenters. The molecule has 0 aromatic rings. The maximum absolute atomic E-state index is 12.2. The molecule has 1 aliphatic heterocycles. The minimum absolute atomic E-state index is 0.149. The van der Waals surface area contributed by atoms with E-state index in [9.17, 15) is 4.79 Å². The highest BCUT2D eigenvalue weighted by Crippen LogP contribution is 2.24. The maximum Gasteiger partial charge on any atom is 0.240 e. The van der Waals surface area contributed by atoms with E-state index in [0.29, 0.717) is 13.2 Å². The Balaban J connectivity index is 2.30. The zero-order valence-electron chi connectivity index (χ0n) is 10.8. The zero-order valence-corrected chi connectivity index (χ0v) is 10.8. The standard InChI is InChI=1S/C13H24N2O2/c1-3-7-13(8-5-10-15-13)12(16)14-9-6-11-17-4-2/h4,15H,2-3,5-11H2,1H3,(H,14,16). The Labute approximate surface area is 104 Å². The lowest BCUT2D eigenvalue weighted by molar-refractivity contribution is -0.127. The first-order valence-corrected chi connectivity index (χ1v) is 6.51. The molecule has 98 valence electrons. The van der Waals surface area contributed by atoms with Crippen molar-refractivity contribution in [1.82, 2.24) is 10.6 Å². The fourth-order valence-corrected chi connectivity index (χ4v) is 2.36. The monoisotopic (exact) mass is 240 g/mol. The van der Waals surface area contributed by atoms with Gasteiger partial charge in [0.2, 0.25) is 5.91 Å². The lowest BCUT2D eigenvalue weighted by Crippen LogP contribution is -2.53. The zero-order chi connectivity index (χ0) is 12.6. The average molecular weight is 240 g/mol. The predicted octanol–water partition coefficient (Wildman–Crippen LogP) is 1.58. The van der Waals surface area contributed by atoms with Crippen LogP contribution in [0.15, 0.2) is 12.8 Å². The second kappa shape index (κ2) is 7.33. The number of hydrogen-bond acceptors (Lipinski definition) is 3. The largest absolute Gasteiger partial charge is 0.502 e. The van der Waals surface area contributed by atoms with Crippen LogP contribution in [0, 0.1) is 0 Å². The summed E-state index contributed by atoms with van der Waals surface area (Å²) in [5.41, 5.74) is -0.311. The molecular formula is C13H24N2O2. The third-order valence-electron chi connectivity index (χ3n) is 3.20. The van der Waals surface area contributed by atoms with Crippen LogP contribution >= 0.6 is 0 Å². The van der Waals surface area contributed by atoms with Crippen molar-refractivity contribution in [1.29, 1.82) is 0 Å². The van der Waals surface area contributed by atoms with E-state index in [1.165, 1.54) is 6.26 Å². The molecule has 4 nitrogen and oxygen atoms in total. The Hall–Kier alpha value is -1.03. The van der Waals surface area contributed by atoms with Gasteiger partial charge in [0.05, 0.1) is 18.4 Å². The number of hydrogen-bond donors (Lipinski definition) is 2. The summed E-state index contributed by atoms with van der Waals surface area (Å²) in [6.45, 7) is 7.82. The van der Waals surface area contributed by atoms with Gasteiger partial charge in [-0.15, -0.1) is 0 Å². The number of amides is 1. The summed E-state index contributed by atoms with van der Waals surface area (Å²) in [5.74, 6) is 0.149. The number of carbonyl (C=O) groups is 1. The van der Waals surface area contributed by atoms with Crippen molar-refractivity contribution in [2.24, 2.45) is 0 Å². The topological polar surface area (TPSA) is 50.4 Å². The third kappa shape index (κ3) is 4.04. The summed E-state index contributed by atoms with van der Waals surface area (Å²) in [7, 11) is 0. The first-order chi connectivity index (χ1) is 8.25. The molecule has 1 unspecified atom stereocenters. The summed E-state index contributed by atoms with van der Waals surface area (Å²) in [4.78, 5) is 12.2. The molecule has 0 spiro atoms. The van der Waals surface area contributed by atoms with Gasteiger partial charge in [0, 0.05) is 6.54 Å². The summed E-state index contributed by atoms with van der Waals surface area (Å²) >= 11 is 0. The molecule has 0 radical (unpaired) electrons. The first kappa shape index (κ1) is 14.0. The Morgan fingerprint density at radius 1 is 1.65 bits per heavy atom. The van der Waals surface area contributed by atoms with Crippen LogP contribution in [0.5, 0.6) is 0 Å². The minimum atomic E-state index is -0.311. The van der Waals surface area contributed by atoms with Gasteiger partial charge in [-0.25, -0.2) is 0 Å². The summed E-state index contributed by atoms with van der Waals surface area (Å²) in [6.07, 6.45) is 6.24. The van der Waals surface area contributed by atoms with Crippen LogP contribution in [0.2, 0.25) is 0 Å². The fourth-order valence-electron chi connectivity index (χ4n) is 2.36. The smallest absolute Gasteiger partial charge is 0.240 e. The van der Waals surface area contributed by atoms with E-state index in [0.717, 1.165) is 38.6 Å². The van der Waals surface area contributed by atoms with Crippen molar-refractivity contribution in [3.05, 3.63) is 12.8 Å². The molecule has 1 amide bonds. The van der Waals surface area contributed by atoms with Crippen LogP contribution in [0.3, 0.4) is 0 Å². The van der Waals surface area contributed by atoms with Gasteiger partial charge in [-0.2, -0.15) is 0 Å². The Kier molecular flexibility index (Phi) is 6.05. The van der Waals surface area contributed by atoms with E-state index in [-0.39, 0.29) is 11.4 Å². The van der Waals surface area contributed by atoms with Crippen molar-refractivity contribution < 1.29 is 9.53 Å². The molecule has 1 aliphatic rings. The van der Waals surface area contributed by atoms with Crippen molar-refractivity contribution in [2.45, 2.75) is 44.6 Å². The molecule has 1 heterocycles. The van der Waals surface area contributed by atoms with Crippen molar-refractivity contribution in [3.63, 3.8) is 0 Å². The molecule has 0 aliphatic carbocycles. The van der Waals surface area contributed by atoms with Gasteiger partial charge in [-0.1, -0.05) is 19.9 Å². The number of rotatable bonds is 8. The van der Waals surface area contributed by atoms with Crippen LogP contribution in [0.4, 0.5) is 0 Å². The Morgan fingerprint density at radius 3 is 3.06 bits per heavy atom. The lowest BCUT2D eigenvalue weighted by Gasteiger charge is -2.27. The molecule has 17 heavy (non-hydrogen) atoms. The number of nitrogens with one attached hydrogen (secondary N) is 2. The molecule has 1 saturated heterocycles. The van der Waals surface area contributed by atoms with Crippen LogP contribution in [0.1, 0.15) is 39.0 Å². The highest BCUT2D eigenvalue weighted by molar-refractivity contribution is 5.86. The van der Waals surface area contributed by atoms with Gasteiger partial charge in [-0.3, -0.25) is 4.79 Å². The Bertz CT molecular complexity index is 248. The van der Waals surface area contributed by atoms with E-state index >= 15 is 0 Å². The second-order valence-electron chi connectivity index (χ2n) is 4.51. The molecule has 0 aromatic carbocycles. The van der Waals surface area contributed by atoms with E-state index in [1.807, 2.05) is 0 Å². The van der Waals surface area contributed by atoms with E-state index in [2.05, 4.69) is 24.1 Å². The molecular weight excluding hydrogens is 216 g/mol. The van der Waals surface area contributed by atoms with E-state index in [4.69, 9.17) is 4.74 Å². The minimum Gasteiger partial charge on any atom is -0.502 e. The summed E-state index contributed by atoms with van der Waals surface area (Å²) in [5, 5.41) is 6.36. The van der Waals surface area contributed by atoms with Gasteiger partial charge in [0.1, 0.15) is 0 Å². The quantitative estimate of drug-likeness (QED) is 0.500. The van der Waals surface area contributed by atoms with Gasteiger partial charge in [0.15, 0.2) is 0 Å². The normalized spacial score (nSPS) is 23.4. The first-order valence-electron chi connectivity index (χ1n) is 6.51. The molecule has 0 saturated carbocycles. The fraction of sp³-hybridized carbons (Fsp3) is 0.769. The molecule has 1 rings (SSSR count). The van der Waals surface area contributed by atoms with Crippen LogP contribution in [0.25, 0.3) is 0 Å². The van der Waals surface area contributed by atoms with Crippen molar-refractivity contribution in [2.75, 3.05) is 19.7 Å². The lowest BCUT2D eigenvalue weighted by atomic mass is 9.91. The molecule has 0 aromatic heterocycles. The van der Waals surface area contributed by atoms with Crippen LogP contribution in [-0.4, -0.2) is 31.1 Å². The highest BCUT2D eigenvalue weighted by Gasteiger charge is 2.39. The molecule has 4 heteroatoms. The predicted molar refractivity (Wildman–Crippen MR) is 68.7 cm³/mol. The SMILES string of the molecule is C=COCCCNC(=O)C1(CCC)CCCN1. The molecule has 0 bridgehead atoms. The molecule has 1 fully saturated rings. The highest BCUT2D eigenvalue weighted by atomic mass is 16.5. The average Bonchev–Trinajstić information content (AvgIpc) is 2.79. The molecule has 2 N–H and O–H groups in total. The summed E-state index contributed by atoms with van der Waals surface area (Å²) < 4.78 is 5.01. The van der Waals surface area contributed by atoms with Crippen LogP contribution in [-0.2, 0) is 9.53 Å². The van der Waals surface area contributed by atoms with Gasteiger partial charge < -0.3 is 15.4 Å². The number of ether oxygens (including phenoxy) is 1. The second-order valence-corrected chi connectivity index (χ2v) is 4.51. The summed E-state index contributed by atoms with van der Waals surface area (Å²) in [6, 6.07) is 0. The third-order valence-corrected chi connectivity index (χ3v) is 3.20. The maximum atomic E-state index is 12.2. The van der Waals surface area contributed by atoms with Crippen molar-refractivity contribution in [3.8, 4) is 0 Å². The van der Waals surface area contributed by atoms with E-state index < -0.39 is 0 Å². The van der Waals surface area contributed by atoms with Crippen LogP contribution < -0.4 is 10.6 Å². The van der Waals surface area contributed by atoms with E-state index in [1.54, 1.807) is 0 Å².